The van der Waals surface area contributed by atoms with Gasteiger partial charge in [0, 0.05) is 36.9 Å². The average Bonchev–Trinajstić information content (AvgIpc) is 3.22. The van der Waals surface area contributed by atoms with Crippen molar-refractivity contribution in [1.82, 2.24) is 5.32 Å². The first-order chi connectivity index (χ1) is 31.1. The van der Waals surface area contributed by atoms with E-state index in [4.69, 9.17) is 37.9 Å². The van der Waals surface area contributed by atoms with E-state index < -0.39 is 124 Å². The van der Waals surface area contributed by atoms with Crippen LogP contribution in [0.5, 0.6) is 11.5 Å². The molecule has 11 atom stereocenters. The van der Waals surface area contributed by atoms with Gasteiger partial charge in [0.2, 0.25) is 5.78 Å². The van der Waals surface area contributed by atoms with Crippen LogP contribution in [0.25, 0.3) is 0 Å². The number of fused-ring (bicyclic) bond motifs is 5. The van der Waals surface area contributed by atoms with Crippen molar-refractivity contribution in [3.05, 3.63) is 46.7 Å². The molecule has 0 aromatic heterocycles. The highest BCUT2D eigenvalue weighted by atomic mass is 33.1. The number of rotatable bonds is 15. The summed E-state index contributed by atoms with van der Waals surface area (Å²) in [6, 6.07) is 2.98. The van der Waals surface area contributed by atoms with Crippen molar-refractivity contribution in [3.63, 3.8) is 0 Å². The van der Waals surface area contributed by atoms with Crippen LogP contribution in [0.1, 0.15) is 98.9 Å². The van der Waals surface area contributed by atoms with Crippen LogP contribution >= 0.6 is 21.6 Å². The molecule has 5 rings (SSSR count). The van der Waals surface area contributed by atoms with Crippen LogP contribution in [0.15, 0.2) is 41.2 Å². The van der Waals surface area contributed by atoms with Crippen LogP contribution < -0.4 is 14.8 Å². The topological polar surface area (TPSA) is 249 Å². The van der Waals surface area contributed by atoms with Gasteiger partial charge < -0.3 is 58.5 Å². The van der Waals surface area contributed by atoms with Crippen LogP contribution in [-0.4, -0.2) is 137 Å². The molecule has 1 aromatic carbocycles. The Morgan fingerprint density at radius 3 is 2.27 bits per heavy atom. The van der Waals surface area contributed by atoms with Gasteiger partial charge in [-0.05, 0) is 71.6 Å². The maximum Gasteiger partial charge on any atom is 0.408 e. The number of hydrogen-bond donors (Lipinski definition) is 4. The maximum atomic E-state index is 15.8. The lowest BCUT2D eigenvalue weighted by Crippen LogP contribution is -2.81. The molecule has 4 aliphatic rings. The molecule has 3 fully saturated rings. The number of ketones is 1. The van der Waals surface area contributed by atoms with Crippen LogP contribution in [0, 0.1) is 22.7 Å². The second kappa shape index (κ2) is 20.3. The average molecular weight is 980 g/mol. The summed E-state index contributed by atoms with van der Waals surface area (Å²) < 4.78 is 47.1. The predicted octanol–water partition coefficient (Wildman–Crippen LogP) is 5.03. The predicted molar refractivity (Wildman–Crippen MR) is 245 cm³/mol. The minimum Gasteiger partial charge on any atom is -0.497 e. The Hall–Kier alpha value is -4.34. The van der Waals surface area contributed by atoms with Crippen LogP contribution in [0.4, 0.5) is 4.79 Å². The Labute approximate surface area is 398 Å². The molecule has 0 spiro atoms. The summed E-state index contributed by atoms with van der Waals surface area (Å²) in [6.07, 6.45) is -6.86. The van der Waals surface area contributed by atoms with Gasteiger partial charge in [0.05, 0.1) is 50.7 Å². The SMILES string of the molecule is COc1ccc(OC)c(C(=O)O[C@H]2[C@@H]3[C@]4(OC(C)=O)CO[C@@H]4C[C@H](O)[C@@]3(C)C(=O)C(OC(=O)CCSSC)=C3C(C)[C@@H](OC(=O)[C@H](O)[C@H](C=C(C)C)NC(=O)OC(C)(C)C)C[C@]2(O)C3(C)C)c1. The van der Waals surface area contributed by atoms with Crippen LogP contribution in [0.2, 0.25) is 0 Å². The molecule has 1 heterocycles. The molecule has 1 aliphatic heterocycles. The Morgan fingerprint density at radius 1 is 1.04 bits per heavy atom. The van der Waals surface area contributed by atoms with Crippen LogP contribution in [-0.2, 0) is 47.6 Å². The molecule has 372 valence electrons. The normalized spacial score (nSPS) is 30.5. The van der Waals surface area contributed by atoms with E-state index in [1.807, 2.05) is 6.26 Å². The summed E-state index contributed by atoms with van der Waals surface area (Å²) in [5.41, 5.74) is -8.74. The minimum atomic E-state index is -2.48. The fourth-order valence-corrected chi connectivity index (χ4v) is 11.2. The zero-order valence-corrected chi connectivity index (χ0v) is 42.0. The van der Waals surface area contributed by atoms with Crippen molar-refractivity contribution in [2.75, 3.05) is 32.8 Å². The first kappa shape index (κ1) is 53.6. The van der Waals surface area contributed by atoms with Gasteiger partial charge in [0.15, 0.2) is 17.5 Å². The van der Waals surface area contributed by atoms with E-state index >= 15 is 4.79 Å². The standard InChI is InChI=1S/C47H65NO17S2/c1-23(2)18-28(48-42(56)65-43(5,6)7)35(52)41(55)61-30-21-47(57)39(63-40(54)27-19-26(58-11)14-15-29(27)59-12)37-45(10,31(50)20-32-46(37,22-60-32)64-25(4)49)38(53)36(34(24(30)3)44(47,8)9)62-33(51)16-17-67-66-13/h14-15,18-19,24,28,30-32,35,37,39,50,52,57H,16-17,20-22H2,1-13H3,(H,48,56)/t24?,28-,30-,31-,32+,35+,37-,39-,45+,46-,47+/m0/s1. The molecular weight excluding hydrogens is 915 g/mol. The quantitative estimate of drug-likeness (QED) is 0.0592. The van der Waals surface area contributed by atoms with Crippen LogP contribution in [0.3, 0.4) is 0 Å². The molecule has 1 unspecified atom stereocenters. The molecule has 4 N–H and O–H groups in total. The number of allylic oxidation sites excluding steroid dienone is 2. The smallest absolute Gasteiger partial charge is 0.408 e. The molecule has 18 nitrogen and oxygen atoms in total. The third kappa shape index (κ3) is 10.3. The molecule has 0 radical (unpaired) electrons. The molecule has 1 aromatic rings. The number of hydrogen-bond acceptors (Lipinski definition) is 19. The van der Waals surface area contributed by atoms with Crippen molar-refractivity contribution in [3.8, 4) is 11.5 Å². The third-order valence-electron chi connectivity index (χ3n) is 13.3. The molecule has 2 saturated carbocycles. The van der Waals surface area contributed by atoms with E-state index in [2.05, 4.69) is 5.32 Å². The van der Waals surface area contributed by atoms with Crippen molar-refractivity contribution >= 4 is 57.3 Å². The van der Waals surface area contributed by atoms with Gasteiger partial charge in [-0.15, -0.1) is 0 Å². The monoisotopic (exact) mass is 979 g/mol. The van der Waals surface area contributed by atoms with Crippen molar-refractivity contribution < 1.29 is 82.0 Å². The van der Waals surface area contributed by atoms with Crippen molar-refractivity contribution in [1.29, 1.82) is 0 Å². The highest BCUT2D eigenvalue weighted by Gasteiger charge is 2.78. The number of aliphatic hydroxyl groups is 3. The zero-order chi connectivity index (χ0) is 50.2. The number of esters is 4. The molecule has 2 bridgehead atoms. The summed E-state index contributed by atoms with van der Waals surface area (Å²) in [5, 5.41) is 40.3. The Morgan fingerprint density at radius 2 is 1.72 bits per heavy atom. The molecule has 20 heteroatoms. The number of amides is 1. The van der Waals surface area contributed by atoms with E-state index in [0.717, 1.165) is 6.92 Å². The highest BCUT2D eigenvalue weighted by Crippen LogP contribution is 2.65. The fourth-order valence-electron chi connectivity index (χ4n) is 10.0. The van der Waals surface area contributed by atoms with E-state index in [1.165, 1.54) is 60.9 Å². The second-order valence-electron chi connectivity index (χ2n) is 19.4. The van der Waals surface area contributed by atoms with Crippen molar-refractivity contribution in [2.45, 2.75) is 142 Å². The number of methoxy groups -OCH3 is 2. The fraction of sp³-hybridized carbons (Fsp3) is 0.660. The number of Topliss-reactive ketones (excluding diaryl/α,β-unsaturated/α-hetero) is 1. The molecule has 67 heavy (non-hydrogen) atoms. The number of nitrogens with one attached hydrogen (secondary N) is 1. The van der Waals surface area contributed by atoms with E-state index in [1.54, 1.807) is 61.5 Å². The molecular formula is C47H65NO17S2. The number of carbonyl (C=O) groups excluding carboxylic acids is 6. The van der Waals surface area contributed by atoms with Gasteiger partial charge in [-0.3, -0.25) is 14.4 Å². The second-order valence-corrected chi connectivity index (χ2v) is 22.1. The van der Waals surface area contributed by atoms with Crippen molar-refractivity contribution in [2.24, 2.45) is 22.7 Å². The van der Waals surface area contributed by atoms with E-state index in [9.17, 15) is 39.3 Å². The summed E-state index contributed by atoms with van der Waals surface area (Å²) >= 11 is 0. The summed E-state index contributed by atoms with van der Waals surface area (Å²) in [5.74, 6) is -7.63. The molecule has 1 amide bonds. The highest BCUT2D eigenvalue weighted by molar-refractivity contribution is 8.76. The first-order valence-electron chi connectivity index (χ1n) is 22.0. The Kier molecular flexibility index (Phi) is 16.3. The Bertz CT molecular complexity index is 2160. The van der Waals surface area contributed by atoms with Gasteiger partial charge in [-0.1, -0.05) is 54.0 Å². The summed E-state index contributed by atoms with van der Waals surface area (Å²) in [4.78, 5) is 84.9. The lowest BCUT2D eigenvalue weighted by molar-refractivity contribution is -0.345. The lowest BCUT2D eigenvalue weighted by Gasteiger charge is -2.67. The lowest BCUT2D eigenvalue weighted by atomic mass is 9.45. The number of aliphatic hydroxyl groups excluding tert-OH is 2. The van der Waals surface area contributed by atoms with E-state index in [-0.39, 0.29) is 42.1 Å². The van der Waals surface area contributed by atoms with Gasteiger partial charge in [0.1, 0.15) is 46.6 Å². The maximum absolute atomic E-state index is 15.8. The Balaban J connectivity index is 1.79. The zero-order valence-electron chi connectivity index (χ0n) is 40.3. The van der Waals surface area contributed by atoms with Gasteiger partial charge in [0.25, 0.3) is 0 Å². The number of benzene rings is 1. The number of alkyl carbamates (subject to hydrolysis) is 1. The third-order valence-corrected chi connectivity index (χ3v) is 15.1. The van der Waals surface area contributed by atoms with Gasteiger partial charge >= 0.3 is 30.0 Å². The minimum absolute atomic E-state index is 0.0301. The first-order valence-corrected chi connectivity index (χ1v) is 24.7. The molecule has 1 saturated heterocycles. The summed E-state index contributed by atoms with van der Waals surface area (Å²) in [7, 11) is 5.50. The number of carbonyl (C=O) groups is 6. The molecule has 3 aliphatic carbocycles. The summed E-state index contributed by atoms with van der Waals surface area (Å²) in [6.45, 7) is 15.1. The number of ether oxygens (including phenoxy) is 8. The largest absolute Gasteiger partial charge is 0.497 e. The van der Waals surface area contributed by atoms with Gasteiger partial charge in [-0.25, -0.2) is 14.4 Å². The van der Waals surface area contributed by atoms with Gasteiger partial charge in [-0.2, -0.15) is 0 Å². The van der Waals surface area contributed by atoms with E-state index in [0.29, 0.717) is 11.3 Å².